The second-order valence-corrected chi connectivity index (χ2v) is 5.51. The van der Waals surface area contributed by atoms with E-state index in [4.69, 9.17) is 17.8 Å². The monoisotopic (exact) mass is 406 g/mol. The molecule has 4 nitrogen and oxygen atoms in total. The maximum absolute atomic E-state index is 6.58. The summed E-state index contributed by atoms with van der Waals surface area (Å²) in [7, 11) is 0. The van der Waals surface area contributed by atoms with E-state index in [1.807, 2.05) is 55.4 Å². The molecule has 0 aliphatic heterocycles. The van der Waals surface area contributed by atoms with Crippen molar-refractivity contribution in [3.05, 3.63) is 0 Å². The third-order valence-corrected chi connectivity index (χ3v) is 1.97. The van der Waals surface area contributed by atoms with Crippen molar-refractivity contribution in [2.24, 2.45) is 0 Å². The summed E-state index contributed by atoms with van der Waals surface area (Å²) in [6.07, 6.45) is 0.775. The van der Waals surface area contributed by atoms with Crippen LogP contribution in [-0.2, 0) is 7.58 Å². The minimum Gasteiger partial charge on any atom is -0.677 e. The first-order valence-corrected chi connectivity index (χ1v) is 7.08. The van der Waals surface area contributed by atoms with Crippen LogP contribution in [0.1, 0.15) is 55.4 Å². The molecule has 0 aromatic rings. The van der Waals surface area contributed by atoms with Gasteiger partial charge in [-0.05, 0) is 39.9 Å². The van der Waals surface area contributed by atoms with E-state index in [2.05, 4.69) is 0 Å². The van der Waals surface area contributed by atoms with E-state index in [9.17, 15) is 0 Å². The molecule has 0 rings (SSSR count). The summed E-state index contributed by atoms with van der Waals surface area (Å²) >= 11 is -0.245. The van der Waals surface area contributed by atoms with Crippen LogP contribution in [-0.4, -0.2) is 50.5 Å². The van der Waals surface area contributed by atoms with Gasteiger partial charge in [-0.25, -0.2) is 0 Å². The van der Waals surface area contributed by atoms with Crippen LogP contribution in [0, 0.1) is 35.6 Å². The first kappa shape index (κ1) is 27.8. The molecule has 0 spiro atoms. The molecule has 3 radical (unpaired) electrons. The zero-order chi connectivity index (χ0) is 14.4. The van der Waals surface area contributed by atoms with Gasteiger partial charge in [0.2, 0.25) is 0 Å². The van der Waals surface area contributed by atoms with Crippen molar-refractivity contribution in [2.75, 3.05) is 0 Å². The van der Waals surface area contributed by atoms with Crippen LogP contribution in [0.25, 0.3) is 0 Å². The molecule has 0 aromatic heterocycles. The second-order valence-electron chi connectivity index (χ2n) is 4.78. The fourth-order valence-electron chi connectivity index (χ4n) is 0.254. The standard InChI is InChI=1S/2C3H8O.2C3H7O.Al.La/c4*1-3(2)4;;/h2*3-4H,1-2H3;2*3H,1-2H3;;/q;;2*-1;+1;/p+2. The molecule has 0 aliphatic carbocycles. The summed E-state index contributed by atoms with van der Waals surface area (Å²) < 4.78 is 10.4. The van der Waals surface area contributed by atoms with Crippen molar-refractivity contribution in [3.63, 3.8) is 0 Å². The Labute approximate surface area is 148 Å². The van der Waals surface area contributed by atoms with Crippen LogP contribution < -0.4 is 0 Å². The fraction of sp³-hybridized carbons (Fsp3) is 1.00. The van der Waals surface area contributed by atoms with Crippen LogP contribution >= 0.6 is 0 Å². The van der Waals surface area contributed by atoms with E-state index < -0.39 is 0 Å². The molecular weight excluding hydrogens is 374 g/mol. The van der Waals surface area contributed by atoms with E-state index in [1.54, 1.807) is 0 Å². The Balaban J connectivity index is -0.0000000922. The minimum atomic E-state index is -0.245. The van der Waals surface area contributed by atoms with Crippen molar-refractivity contribution in [1.82, 2.24) is 0 Å². The maximum Gasteiger partial charge on any atom is 0.147 e. The zero-order valence-corrected chi connectivity index (χ0v) is 18.1. The normalized spacial score (nSPS) is 9.67. The summed E-state index contributed by atoms with van der Waals surface area (Å²) in [5.74, 6) is 0. The van der Waals surface area contributed by atoms with Gasteiger partial charge in [0.05, 0.1) is 0 Å². The van der Waals surface area contributed by atoms with Crippen LogP contribution in [0.4, 0.5) is 0 Å². The predicted molar refractivity (Wildman–Crippen MR) is 75.7 cm³/mol. The van der Waals surface area contributed by atoms with Gasteiger partial charge in [-0.15, -0.1) is 0 Å². The van der Waals surface area contributed by atoms with Gasteiger partial charge in [0.15, 0.2) is 0 Å². The Hall–Kier alpha value is 1.57. The Kier molecular flexibility index (Phi) is 32.3. The molecule has 0 heterocycles. The molecule has 0 aromatic carbocycles. The van der Waals surface area contributed by atoms with Crippen LogP contribution in [0.5, 0.6) is 0 Å². The largest absolute Gasteiger partial charge is 0.677 e. The smallest absolute Gasteiger partial charge is 0.147 e. The van der Waals surface area contributed by atoms with E-state index in [1.165, 1.54) is 0 Å². The molecule has 0 unspecified atom stereocenters. The molecule has 6 heteroatoms. The van der Waals surface area contributed by atoms with Gasteiger partial charge in [0.25, 0.3) is 0 Å². The van der Waals surface area contributed by atoms with Gasteiger partial charge >= 0.3 is 0 Å². The predicted octanol–water partition coefficient (Wildman–Crippen LogP) is 1.61. The molecule has 0 fully saturated rings. The van der Waals surface area contributed by atoms with Gasteiger partial charge < -0.3 is 17.8 Å². The Morgan fingerprint density at radius 3 is 0.944 bits per heavy atom. The summed E-state index contributed by atoms with van der Waals surface area (Å²) in [4.78, 5) is 0. The van der Waals surface area contributed by atoms with Gasteiger partial charge in [-0.3, -0.25) is 0 Å². The average molecular weight is 406 g/mol. The first-order chi connectivity index (χ1) is 7.59. The fourth-order valence-corrected chi connectivity index (χ4v) is 0.763. The van der Waals surface area contributed by atoms with Crippen molar-refractivity contribution in [2.45, 2.75) is 79.8 Å². The van der Waals surface area contributed by atoms with Gasteiger partial charge in [-0.1, -0.05) is 0 Å². The third kappa shape index (κ3) is 84.2. The van der Waals surface area contributed by atoms with E-state index >= 15 is 0 Å². The van der Waals surface area contributed by atoms with Crippen LogP contribution in [0.2, 0.25) is 0 Å². The number of rotatable bonds is 4. The molecule has 0 saturated heterocycles. The molecule has 0 bridgehead atoms. The van der Waals surface area contributed by atoms with Crippen molar-refractivity contribution in [3.8, 4) is 0 Å². The van der Waals surface area contributed by atoms with Crippen LogP contribution in [0.3, 0.4) is 0 Å². The van der Waals surface area contributed by atoms with Crippen molar-refractivity contribution in [1.29, 1.82) is 0 Å². The quantitative estimate of drug-likeness (QED) is 0.526. The molecule has 109 valence electrons. The zero-order valence-electron chi connectivity index (χ0n) is 13.3. The van der Waals surface area contributed by atoms with E-state index in [0.717, 1.165) is 0 Å². The van der Waals surface area contributed by atoms with Gasteiger partial charge in [-0.2, -0.15) is 0 Å². The Morgan fingerprint density at radius 2 is 0.833 bits per heavy atom. The summed E-state index contributed by atoms with van der Waals surface area (Å²) in [5, 5.41) is 13.2. The van der Waals surface area contributed by atoms with Crippen molar-refractivity contribution >= 4 is 15.9 Å². The van der Waals surface area contributed by atoms with Gasteiger partial charge in [0.1, 0.15) is 28.1 Å². The number of hydrogen-bond acceptors (Lipinski definition) is 2. The molecule has 0 saturated carbocycles. The van der Waals surface area contributed by atoms with E-state index in [0.29, 0.717) is 12.2 Å². The minimum absolute atomic E-state index is 0. The van der Waals surface area contributed by atoms with E-state index in [-0.39, 0.29) is 63.7 Å². The molecule has 18 heavy (non-hydrogen) atoms. The van der Waals surface area contributed by atoms with Crippen molar-refractivity contribution < 1.29 is 53.4 Å². The molecule has 0 atom stereocenters. The summed E-state index contributed by atoms with van der Waals surface area (Å²) in [6, 6.07) is 0. The Bertz CT molecular complexity index is 114. The molecular formula is C12H32AlLaO4+. The second kappa shape index (κ2) is 20.9. The first-order valence-electron chi connectivity index (χ1n) is 6.14. The molecule has 4 N–H and O–H groups in total. The van der Waals surface area contributed by atoms with Crippen LogP contribution in [0.15, 0.2) is 0 Å². The summed E-state index contributed by atoms with van der Waals surface area (Å²) in [6.45, 7) is 15.4. The Morgan fingerprint density at radius 1 is 0.667 bits per heavy atom. The third-order valence-electron chi connectivity index (χ3n) is 0.655. The SMILES string of the molecule is CC(C)[OH2+].CC(C)[OH2+].CC(C)[O][Al-][O]C(C)C.[La]. The number of hydrogen-bond donors (Lipinski definition) is 0. The molecule has 0 amide bonds. The topological polar surface area (TPSA) is 64.3 Å². The maximum atomic E-state index is 6.58. The average Bonchev–Trinajstić information content (AvgIpc) is 1.99. The summed E-state index contributed by atoms with van der Waals surface area (Å²) in [5.41, 5.74) is 0. The molecule has 0 aliphatic rings. The van der Waals surface area contributed by atoms with Gasteiger partial charge in [0, 0.05) is 63.3 Å².